The van der Waals surface area contributed by atoms with Gasteiger partial charge in [0.05, 0.1) is 17.8 Å². The highest BCUT2D eigenvalue weighted by molar-refractivity contribution is 5.93. The third-order valence-electron chi connectivity index (χ3n) is 4.82. The molecule has 21 heavy (non-hydrogen) atoms. The predicted octanol–water partition coefficient (Wildman–Crippen LogP) is 3.45. The number of rotatable bonds is 2. The van der Waals surface area contributed by atoms with Gasteiger partial charge in [-0.15, -0.1) is 0 Å². The maximum Gasteiger partial charge on any atom is 0.0726 e. The highest BCUT2D eigenvalue weighted by Gasteiger charge is 2.31. The Morgan fingerprint density at radius 1 is 1.29 bits per heavy atom. The Balaban J connectivity index is 2.13. The number of fused-ring (bicyclic) bond motifs is 1. The molecular formula is C18H24N2O. The molecule has 3 heteroatoms. The molecule has 1 aliphatic heterocycles. The lowest BCUT2D eigenvalue weighted by atomic mass is 9.82. The molecule has 3 rings (SSSR count). The van der Waals surface area contributed by atoms with Gasteiger partial charge < -0.3 is 10.0 Å². The molecule has 1 saturated heterocycles. The smallest absolute Gasteiger partial charge is 0.0726 e. The zero-order chi connectivity index (χ0) is 15.0. The third-order valence-corrected chi connectivity index (χ3v) is 4.82. The van der Waals surface area contributed by atoms with Gasteiger partial charge >= 0.3 is 0 Å². The summed E-state index contributed by atoms with van der Waals surface area (Å²) < 4.78 is 0. The molecule has 1 fully saturated rings. The fraction of sp³-hybridized carbons (Fsp3) is 0.500. The maximum atomic E-state index is 9.71. The number of anilines is 1. The zero-order valence-electron chi connectivity index (χ0n) is 13.2. The number of piperidine rings is 1. The second-order valence-electron chi connectivity index (χ2n) is 6.68. The van der Waals surface area contributed by atoms with Gasteiger partial charge in [0.15, 0.2) is 0 Å². The predicted molar refractivity (Wildman–Crippen MR) is 87.9 cm³/mol. The number of aliphatic hydroxyl groups is 1. The highest BCUT2D eigenvalue weighted by Crippen LogP contribution is 2.37. The average Bonchev–Trinajstić information content (AvgIpc) is 2.48. The first-order chi connectivity index (χ1) is 10.0. The molecule has 0 radical (unpaired) electrons. The number of pyridine rings is 1. The molecule has 1 aromatic heterocycles. The number of aliphatic hydroxyl groups excluding tert-OH is 1. The fourth-order valence-corrected chi connectivity index (χ4v) is 3.45. The lowest BCUT2D eigenvalue weighted by Gasteiger charge is -2.41. The Bertz CT molecular complexity index is 668. The van der Waals surface area contributed by atoms with Crippen molar-refractivity contribution in [2.24, 2.45) is 5.41 Å². The first-order valence-electron chi connectivity index (χ1n) is 7.76. The van der Waals surface area contributed by atoms with Gasteiger partial charge in [-0.05, 0) is 38.3 Å². The summed E-state index contributed by atoms with van der Waals surface area (Å²) in [6, 6.07) is 8.37. The first-order valence-corrected chi connectivity index (χ1v) is 7.76. The summed E-state index contributed by atoms with van der Waals surface area (Å²) in [6.07, 6.45) is 2.23. The molecule has 0 saturated carbocycles. The SMILES string of the molecule is Cc1nc2ccccc2c(N2CCCC(C)(CO)C2)c1C. The van der Waals surface area contributed by atoms with Crippen LogP contribution in [0.1, 0.15) is 31.0 Å². The minimum atomic E-state index is 0.00294. The van der Waals surface area contributed by atoms with Crippen LogP contribution in [-0.2, 0) is 0 Å². The fourth-order valence-electron chi connectivity index (χ4n) is 3.45. The van der Waals surface area contributed by atoms with Gasteiger partial charge in [-0.2, -0.15) is 0 Å². The van der Waals surface area contributed by atoms with Gasteiger partial charge in [-0.25, -0.2) is 0 Å². The van der Waals surface area contributed by atoms with E-state index in [0.29, 0.717) is 0 Å². The first kappa shape index (κ1) is 14.3. The van der Waals surface area contributed by atoms with Gasteiger partial charge in [0.2, 0.25) is 0 Å². The molecule has 2 aromatic rings. The molecule has 0 bridgehead atoms. The molecule has 1 aromatic carbocycles. The van der Waals surface area contributed by atoms with Gasteiger partial charge in [0.1, 0.15) is 0 Å². The van der Waals surface area contributed by atoms with Crippen molar-refractivity contribution in [1.29, 1.82) is 0 Å². The van der Waals surface area contributed by atoms with Crippen LogP contribution in [0.2, 0.25) is 0 Å². The standard InChI is InChI=1S/C18H24N2O/c1-13-14(2)19-16-8-5-4-7-15(16)17(13)20-10-6-9-18(3,11-20)12-21/h4-5,7-8,21H,6,9-12H2,1-3H3. The van der Waals surface area contributed by atoms with Crippen LogP contribution in [0.3, 0.4) is 0 Å². The number of nitrogens with zero attached hydrogens (tertiary/aromatic N) is 2. The van der Waals surface area contributed by atoms with Crippen LogP contribution in [0, 0.1) is 19.3 Å². The Morgan fingerprint density at radius 2 is 2.05 bits per heavy atom. The number of benzene rings is 1. The van der Waals surface area contributed by atoms with E-state index in [1.165, 1.54) is 16.6 Å². The molecule has 1 unspecified atom stereocenters. The van der Waals surface area contributed by atoms with Crippen molar-refractivity contribution >= 4 is 16.6 Å². The van der Waals surface area contributed by atoms with Crippen molar-refractivity contribution in [3.63, 3.8) is 0 Å². The second kappa shape index (κ2) is 5.30. The van der Waals surface area contributed by atoms with Crippen LogP contribution in [-0.4, -0.2) is 29.8 Å². The average molecular weight is 284 g/mol. The van der Waals surface area contributed by atoms with E-state index in [4.69, 9.17) is 4.98 Å². The summed E-state index contributed by atoms with van der Waals surface area (Å²) in [5.74, 6) is 0. The molecule has 112 valence electrons. The molecule has 1 N–H and O–H groups in total. The van der Waals surface area contributed by atoms with Gasteiger partial charge in [-0.1, -0.05) is 25.1 Å². The van der Waals surface area contributed by atoms with Crippen LogP contribution in [0.5, 0.6) is 0 Å². The molecule has 2 heterocycles. The summed E-state index contributed by atoms with van der Waals surface area (Å²) in [5, 5.41) is 10.9. The largest absolute Gasteiger partial charge is 0.396 e. The molecule has 0 aliphatic carbocycles. The summed E-state index contributed by atoms with van der Waals surface area (Å²) >= 11 is 0. The Labute approximate surface area is 126 Å². The molecule has 1 aliphatic rings. The van der Waals surface area contributed by atoms with Crippen molar-refractivity contribution < 1.29 is 5.11 Å². The van der Waals surface area contributed by atoms with Crippen LogP contribution in [0.4, 0.5) is 5.69 Å². The lowest BCUT2D eigenvalue weighted by Crippen LogP contribution is -2.44. The van der Waals surface area contributed by atoms with Crippen molar-refractivity contribution in [3.8, 4) is 0 Å². The number of hydrogen-bond acceptors (Lipinski definition) is 3. The molecule has 3 nitrogen and oxygen atoms in total. The normalized spacial score (nSPS) is 22.8. The van der Waals surface area contributed by atoms with Crippen molar-refractivity contribution in [2.75, 3.05) is 24.6 Å². The third kappa shape index (κ3) is 2.51. The van der Waals surface area contributed by atoms with E-state index >= 15 is 0 Å². The van der Waals surface area contributed by atoms with Crippen molar-refractivity contribution in [1.82, 2.24) is 4.98 Å². The summed E-state index contributed by atoms with van der Waals surface area (Å²) in [7, 11) is 0. The monoisotopic (exact) mass is 284 g/mol. The van der Waals surface area contributed by atoms with E-state index in [2.05, 4.69) is 43.9 Å². The van der Waals surface area contributed by atoms with E-state index in [1.807, 2.05) is 6.07 Å². The van der Waals surface area contributed by atoms with Gasteiger partial charge in [0.25, 0.3) is 0 Å². The Morgan fingerprint density at radius 3 is 2.81 bits per heavy atom. The number of hydrogen-bond donors (Lipinski definition) is 1. The van der Waals surface area contributed by atoms with E-state index in [9.17, 15) is 5.11 Å². The van der Waals surface area contributed by atoms with Crippen LogP contribution >= 0.6 is 0 Å². The van der Waals surface area contributed by atoms with E-state index in [-0.39, 0.29) is 12.0 Å². The lowest BCUT2D eigenvalue weighted by molar-refractivity contribution is 0.123. The van der Waals surface area contributed by atoms with E-state index < -0.39 is 0 Å². The maximum absolute atomic E-state index is 9.71. The van der Waals surface area contributed by atoms with Gasteiger partial charge in [0, 0.05) is 29.6 Å². The molecule has 1 atom stereocenters. The minimum Gasteiger partial charge on any atom is -0.396 e. The summed E-state index contributed by atoms with van der Waals surface area (Å²) in [4.78, 5) is 7.16. The van der Waals surface area contributed by atoms with Crippen molar-refractivity contribution in [3.05, 3.63) is 35.5 Å². The van der Waals surface area contributed by atoms with Crippen LogP contribution in [0.15, 0.2) is 24.3 Å². The minimum absolute atomic E-state index is 0.00294. The summed E-state index contributed by atoms with van der Waals surface area (Å²) in [5.41, 5.74) is 4.73. The molecular weight excluding hydrogens is 260 g/mol. The van der Waals surface area contributed by atoms with Crippen LogP contribution < -0.4 is 4.90 Å². The molecule has 0 amide bonds. The second-order valence-corrected chi connectivity index (χ2v) is 6.68. The number of aryl methyl sites for hydroxylation is 1. The highest BCUT2D eigenvalue weighted by atomic mass is 16.3. The van der Waals surface area contributed by atoms with Crippen molar-refractivity contribution in [2.45, 2.75) is 33.6 Å². The van der Waals surface area contributed by atoms with E-state index in [0.717, 1.165) is 37.1 Å². The van der Waals surface area contributed by atoms with Crippen LogP contribution in [0.25, 0.3) is 10.9 Å². The van der Waals surface area contributed by atoms with Gasteiger partial charge in [-0.3, -0.25) is 4.98 Å². The number of para-hydroxylation sites is 1. The quantitative estimate of drug-likeness (QED) is 0.917. The Hall–Kier alpha value is -1.61. The Kier molecular flexibility index (Phi) is 3.62. The molecule has 0 spiro atoms. The number of aromatic nitrogens is 1. The zero-order valence-corrected chi connectivity index (χ0v) is 13.2. The topological polar surface area (TPSA) is 36.4 Å². The van der Waals surface area contributed by atoms with E-state index in [1.54, 1.807) is 0 Å². The summed E-state index contributed by atoms with van der Waals surface area (Å²) in [6.45, 7) is 8.66.